The molecule has 0 spiro atoms. The standard InChI is InChI=1S/C21H25F2N5O3S/c22-15-1-2-17(23)16(11-15)18-14-32-21(24-18)25-19(29)12-26-3-5-28(6-4-26)20(30)13-27-7-9-31-10-8-27/h1-2,11,14H,3-10,12-13H2,(H,24,25,29). The minimum atomic E-state index is -0.574. The van der Waals surface area contributed by atoms with Gasteiger partial charge in [-0.2, -0.15) is 0 Å². The van der Waals surface area contributed by atoms with E-state index in [0.29, 0.717) is 51.1 Å². The van der Waals surface area contributed by atoms with Gasteiger partial charge < -0.3 is 15.0 Å². The van der Waals surface area contributed by atoms with Crippen LogP contribution in [0, 0.1) is 11.6 Å². The fourth-order valence-electron chi connectivity index (χ4n) is 3.72. The van der Waals surface area contributed by atoms with E-state index in [2.05, 4.69) is 15.2 Å². The number of hydrogen-bond acceptors (Lipinski definition) is 7. The number of ether oxygens (including phenoxy) is 1. The Kier molecular flexibility index (Phi) is 7.40. The molecule has 2 aromatic rings. The number of benzene rings is 1. The van der Waals surface area contributed by atoms with Gasteiger partial charge in [-0.15, -0.1) is 11.3 Å². The van der Waals surface area contributed by atoms with Crippen molar-refractivity contribution in [3.8, 4) is 11.3 Å². The van der Waals surface area contributed by atoms with Crippen LogP contribution >= 0.6 is 11.3 Å². The predicted molar refractivity (Wildman–Crippen MR) is 116 cm³/mol. The van der Waals surface area contributed by atoms with Crippen molar-refractivity contribution < 1.29 is 23.1 Å². The molecule has 2 fully saturated rings. The van der Waals surface area contributed by atoms with Crippen molar-refractivity contribution in [1.29, 1.82) is 0 Å². The number of morpholine rings is 1. The Morgan fingerprint density at radius 1 is 1.03 bits per heavy atom. The highest BCUT2D eigenvalue weighted by molar-refractivity contribution is 7.14. The summed E-state index contributed by atoms with van der Waals surface area (Å²) < 4.78 is 32.6. The van der Waals surface area contributed by atoms with Crippen LogP contribution < -0.4 is 5.32 Å². The first-order valence-corrected chi connectivity index (χ1v) is 11.4. The Bertz CT molecular complexity index is 959. The number of carbonyl (C=O) groups is 2. The smallest absolute Gasteiger partial charge is 0.240 e. The molecule has 0 unspecified atom stereocenters. The molecular formula is C21H25F2N5O3S. The molecule has 0 radical (unpaired) electrons. The lowest BCUT2D eigenvalue weighted by atomic mass is 10.1. The molecular weight excluding hydrogens is 440 g/mol. The molecule has 2 aliphatic heterocycles. The van der Waals surface area contributed by atoms with Gasteiger partial charge in [0, 0.05) is 50.2 Å². The van der Waals surface area contributed by atoms with Crippen molar-refractivity contribution in [2.75, 3.05) is 70.9 Å². The number of halogens is 2. The van der Waals surface area contributed by atoms with Crippen molar-refractivity contribution in [2.24, 2.45) is 0 Å². The van der Waals surface area contributed by atoms with Crippen molar-refractivity contribution in [2.45, 2.75) is 0 Å². The zero-order chi connectivity index (χ0) is 22.5. The number of thiazole rings is 1. The average molecular weight is 466 g/mol. The summed E-state index contributed by atoms with van der Waals surface area (Å²) in [7, 11) is 0. The van der Waals surface area contributed by atoms with E-state index in [1.165, 1.54) is 0 Å². The van der Waals surface area contributed by atoms with E-state index in [-0.39, 0.29) is 29.6 Å². The minimum absolute atomic E-state index is 0.0552. The molecule has 0 atom stereocenters. The third kappa shape index (κ3) is 5.85. The molecule has 3 heterocycles. The average Bonchev–Trinajstić information content (AvgIpc) is 3.24. The van der Waals surface area contributed by atoms with Crippen molar-refractivity contribution in [1.82, 2.24) is 19.7 Å². The number of anilines is 1. The Morgan fingerprint density at radius 2 is 1.75 bits per heavy atom. The Morgan fingerprint density at radius 3 is 2.50 bits per heavy atom. The lowest BCUT2D eigenvalue weighted by molar-refractivity contribution is -0.135. The molecule has 2 aliphatic rings. The summed E-state index contributed by atoms with van der Waals surface area (Å²) in [5, 5.41) is 4.62. The van der Waals surface area contributed by atoms with E-state index < -0.39 is 11.6 Å². The van der Waals surface area contributed by atoms with Crippen molar-refractivity contribution >= 4 is 28.3 Å². The van der Waals surface area contributed by atoms with Crippen LogP contribution in [0.2, 0.25) is 0 Å². The molecule has 11 heteroatoms. The van der Waals surface area contributed by atoms with Gasteiger partial charge in [0.15, 0.2) is 5.13 Å². The Labute approximate surface area is 188 Å². The zero-order valence-electron chi connectivity index (χ0n) is 17.6. The van der Waals surface area contributed by atoms with Crippen LogP contribution in [0.3, 0.4) is 0 Å². The first kappa shape index (κ1) is 22.7. The van der Waals surface area contributed by atoms with Crippen LogP contribution in [0.5, 0.6) is 0 Å². The molecule has 8 nitrogen and oxygen atoms in total. The Hall–Kier alpha value is -2.47. The largest absolute Gasteiger partial charge is 0.379 e. The molecule has 32 heavy (non-hydrogen) atoms. The highest BCUT2D eigenvalue weighted by atomic mass is 32.1. The van der Waals surface area contributed by atoms with Gasteiger partial charge in [-0.1, -0.05) is 0 Å². The van der Waals surface area contributed by atoms with Gasteiger partial charge in [-0.05, 0) is 18.2 Å². The summed E-state index contributed by atoms with van der Waals surface area (Å²) >= 11 is 1.15. The van der Waals surface area contributed by atoms with E-state index in [1.54, 1.807) is 5.38 Å². The molecule has 0 aliphatic carbocycles. The minimum Gasteiger partial charge on any atom is -0.379 e. The van der Waals surface area contributed by atoms with Gasteiger partial charge in [0.05, 0.1) is 32.0 Å². The van der Waals surface area contributed by atoms with Gasteiger partial charge in [-0.3, -0.25) is 19.4 Å². The maximum Gasteiger partial charge on any atom is 0.240 e. The SMILES string of the molecule is O=C(CN1CCN(C(=O)CN2CCOCC2)CC1)Nc1nc(-c2cc(F)ccc2F)cs1. The van der Waals surface area contributed by atoms with Gasteiger partial charge in [-0.25, -0.2) is 13.8 Å². The molecule has 0 bridgehead atoms. The summed E-state index contributed by atoms with van der Waals surface area (Å²) in [6.07, 6.45) is 0. The van der Waals surface area contributed by atoms with Crippen LogP contribution in [0.25, 0.3) is 11.3 Å². The number of piperazine rings is 1. The third-order valence-corrected chi connectivity index (χ3v) is 6.27. The van der Waals surface area contributed by atoms with Crippen LogP contribution in [-0.2, 0) is 14.3 Å². The monoisotopic (exact) mass is 465 g/mol. The summed E-state index contributed by atoms with van der Waals surface area (Å²) in [6.45, 7) is 5.83. The van der Waals surface area contributed by atoms with Crippen LogP contribution in [0.1, 0.15) is 0 Å². The lowest BCUT2D eigenvalue weighted by Gasteiger charge is -2.36. The second kappa shape index (κ2) is 10.4. The molecule has 2 saturated heterocycles. The third-order valence-electron chi connectivity index (χ3n) is 5.51. The van der Waals surface area contributed by atoms with E-state index >= 15 is 0 Å². The predicted octanol–water partition coefficient (Wildman–Crippen LogP) is 1.50. The second-order valence-electron chi connectivity index (χ2n) is 7.76. The number of carbonyl (C=O) groups excluding carboxylic acids is 2. The van der Waals surface area contributed by atoms with Gasteiger partial charge in [0.2, 0.25) is 11.8 Å². The first-order valence-electron chi connectivity index (χ1n) is 10.5. The normalized spacial score (nSPS) is 18.0. The molecule has 1 N–H and O–H groups in total. The van der Waals surface area contributed by atoms with Gasteiger partial charge in [0.1, 0.15) is 11.6 Å². The van der Waals surface area contributed by atoms with Crippen LogP contribution in [0.15, 0.2) is 23.6 Å². The highest BCUT2D eigenvalue weighted by Crippen LogP contribution is 2.27. The highest BCUT2D eigenvalue weighted by Gasteiger charge is 2.24. The van der Waals surface area contributed by atoms with Gasteiger partial charge in [0.25, 0.3) is 0 Å². The number of nitrogens with zero attached hydrogens (tertiary/aromatic N) is 4. The molecule has 172 valence electrons. The van der Waals surface area contributed by atoms with E-state index in [1.807, 2.05) is 9.80 Å². The van der Waals surface area contributed by atoms with Gasteiger partial charge >= 0.3 is 0 Å². The van der Waals surface area contributed by atoms with Crippen molar-refractivity contribution in [3.63, 3.8) is 0 Å². The summed E-state index contributed by atoms with van der Waals surface area (Å²) in [5.74, 6) is -1.26. The molecule has 4 rings (SSSR count). The molecule has 0 saturated carbocycles. The number of nitrogens with one attached hydrogen (secondary N) is 1. The molecule has 1 aromatic heterocycles. The maximum atomic E-state index is 13.9. The maximum absolute atomic E-state index is 13.9. The number of amides is 2. The van der Waals surface area contributed by atoms with E-state index in [0.717, 1.165) is 42.6 Å². The summed E-state index contributed by atoms with van der Waals surface area (Å²) in [5.41, 5.74) is 0.328. The van der Waals surface area contributed by atoms with Crippen molar-refractivity contribution in [3.05, 3.63) is 35.2 Å². The van der Waals surface area contributed by atoms with Crippen LogP contribution in [-0.4, -0.2) is 97.1 Å². The topological polar surface area (TPSA) is 78.0 Å². The summed E-state index contributed by atoms with van der Waals surface area (Å²) in [4.78, 5) is 35.0. The lowest BCUT2D eigenvalue weighted by Crippen LogP contribution is -2.53. The second-order valence-corrected chi connectivity index (χ2v) is 8.61. The van der Waals surface area contributed by atoms with Crippen LogP contribution in [0.4, 0.5) is 13.9 Å². The number of hydrogen-bond donors (Lipinski definition) is 1. The number of aromatic nitrogens is 1. The van der Waals surface area contributed by atoms with E-state index in [9.17, 15) is 18.4 Å². The summed E-state index contributed by atoms with van der Waals surface area (Å²) in [6, 6.07) is 3.17. The fraction of sp³-hybridized carbons (Fsp3) is 0.476. The number of rotatable bonds is 6. The van der Waals surface area contributed by atoms with E-state index in [4.69, 9.17) is 4.74 Å². The molecule has 1 aromatic carbocycles. The Balaban J connectivity index is 1.23. The fourth-order valence-corrected chi connectivity index (χ4v) is 4.44. The first-order chi connectivity index (χ1) is 15.5. The zero-order valence-corrected chi connectivity index (χ0v) is 18.4. The molecule has 2 amide bonds. The quantitative estimate of drug-likeness (QED) is 0.697.